The lowest BCUT2D eigenvalue weighted by molar-refractivity contribution is 0.206. The summed E-state index contributed by atoms with van der Waals surface area (Å²) >= 11 is 0. The Labute approximate surface area is 182 Å². The van der Waals surface area contributed by atoms with Crippen LogP contribution < -0.4 is 15.0 Å². The molecule has 1 aliphatic heterocycles. The minimum Gasteiger partial charge on any atom is -0.495 e. The van der Waals surface area contributed by atoms with E-state index in [0.717, 1.165) is 35.0 Å². The molecular formula is C24H27N5O2. The standard InChI is InChI=1S/C24H27N5O2/c1-4-28(2)23-18-16-29(24(30)26-20-12-8-9-13-21(20)31-3)15-14-19(18)25-22(27-23)17-10-6-5-7-11-17/h5-13H,4,14-16H2,1-3H3,(H,26,30). The summed E-state index contributed by atoms with van der Waals surface area (Å²) < 4.78 is 5.35. The summed E-state index contributed by atoms with van der Waals surface area (Å²) in [5.41, 5.74) is 3.66. The summed E-state index contributed by atoms with van der Waals surface area (Å²) in [5.74, 6) is 2.23. The maximum Gasteiger partial charge on any atom is 0.322 e. The molecule has 0 radical (unpaired) electrons. The van der Waals surface area contributed by atoms with E-state index >= 15 is 0 Å². The number of hydrogen-bond donors (Lipinski definition) is 1. The number of benzene rings is 2. The Morgan fingerprint density at radius 2 is 1.87 bits per heavy atom. The first-order valence-electron chi connectivity index (χ1n) is 10.5. The third kappa shape index (κ3) is 4.30. The van der Waals surface area contributed by atoms with Crippen molar-refractivity contribution in [3.05, 3.63) is 65.9 Å². The van der Waals surface area contributed by atoms with E-state index in [4.69, 9.17) is 14.7 Å². The summed E-state index contributed by atoms with van der Waals surface area (Å²) in [6, 6.07) is 17.3. The van der Waals surface area contributed by atoms with Gasteiger partial charge in [-0.15, -0.1) is 0 Å². The fourth-order valence-electron chi connectivity index (χ4n) is 3.69. The van der Waals surface area contributed by atoms with Crippen LogP contribution in [-0.2, 0) is 13.0 Å². The van der Waals surface area contributed by atoms with Gasteiger partial charge >= 0.3 is 6.03 Å². The first-order chi connectivity index (χ1) is 15.1. The van der Waals surface area contributed by atoms with Gasteiger partial charge in [0.2, 0.25) is 0 Å². The maximum atomic E-state index is 13.0. The summed E-state index contributed by atoms with van der Waals surface area (Å²) in [7, 11) is 3.61. The highest BCUT2D eigenvalue weighted by atomic mass is 16.5. The Morgan fingerprint density at radius 1 is 1.13 bits per heavy atom. The van der Waals surface area contributed by atoms with E-state index in [1.807, 2.05) is 61.6 Å². The molecular weight excluding hydrogens is 390 g/mol. The van der Waals surface area contributed by atoms with Crippen molar-refractivity contribution in [2.75, 3.05) is 37.5 Å². The van der Waals surface area contributed by atoms with E-state index in [1.165, 1.54) is 0 Å². The molecule has 4 rings (SSSR count). The van der Waals surface area contributed by atoms with E-state index in [2.05, 4.69) is 17.1 Å². The van der Waals surface area contributed by atoms with Crippen LogP contribution in [0.15, 0.2) is 54.6 Å². The van der Waals surface area contributed by atoms with Crippen molar-refractivity contribution in [1.29, 1.82) is 0 Å². The molecule has 0 aliphatic carbocycles. The van der Waals surface area contributed by atoms with Gasteiger partial charge in [-0.1, -0.05) is 42.5 Å². The molecule has 1 N–H and O–H groups in total. The first-order valence-corrected chi connectivity index (χ1v) is 10.5. The van der Waals surface area contributed by atoms with E-state index in [0.29, 0.717) is 30.9 Å². The van der Waals surface area contributed by atoms with Crippen molar-refractivity contribution in [3.63, 3.8) is 0 Å². The van der Waals surface area contributed by atoms with Crippen molar-refractivity contribution in [2.45, 2.75) is 19.9 Å². The molecule has 0 saturated carbocycles. The minimum atomic E-state index is -0.160. The van der Waals surface area contributed by atoms with Crippen molar-refractivity contribution in [2.24, 2.45) is 0 Å². The van der Waals surface area contributed by atoms with Gasteiger partial charge in [0, 0.05) is 37.7 Å². The molecule has 0 spiro atoms. The Hall–Kier alpha value is -3.61. The first kappa shape index (κ1) is 20.7. The molecule has 1 aliphatic rings. The molecule has 0 bridgehead atoms. The predicted molar refractivity (Wildman–Crippen MR) is 123 cm³/mol. The average molecular weight is 418 g/mol. The van der Waals surface area contributed by atoms with Gasteiger partial charge in [0.1, 0.15) is 11.6 Å². The van der Waals surface area contributed by atoms with Gasteiger partial charge in [0.05, 0.1) is 25.0 Å². The second kappa shape index (κ2) is 9.04. The van der Waals surface area contributed by atoms with Crippen LogP contribution >= 0.6 is 0 Å². The number of aromatic nitrogens is 2. The van der Waals surface area contributed by atoms with Crippen LogP contribution in [0.3, 0.4) is 0 Å². The highest BCUT2D eigenvalue weighted by Crippen LogP contribution is 2.30. The molecule has 160 valence electrons. The van der Waals surface area contributed by atoms with Crippen LogP contribution in [0.2, 0.25) is 0 Å². The number of nitrogens with one attached hydrogen (secondary N) is 1. The summed E-state index contributed by atoms with van der Waals surface area (Å²) in [6.45, 7) is 3.95. The third-order valence-electron chi connectivity index (χ3n) is 5.54. The monoisotopic (exact) mass is 417 g/mol. The second-order valence-corrected chi connectivity index (χ2v) is 7.48. The van der Waals surface area contributed by atoms with Crippen LogP contribution in [-0.4, -0.2) is 48.1 Å². The SMILES string of the molecule is CCN(C)c1nc(-c2ccccc2)nc2c1CN(C(=O)Nc1ccccc1OC)CC2. The van der Waals surface area contributed by atoms with Gasteiger partial charge < -0.3 is 19.9 Å². The van der Waals surface area contributed by atoms with Gasteiger partial charge in [0.15, 0.2) is 5.82 Å². The molecule has 1 aromatic heterocycles. The fraction of sp³-hybridized carbons (Fsp3) is 0.292. The van der Waals surface area contributed by atoms with Crippen molar-refractivity contribution >= 4 is 17.5 Å². The number of amides is 2. The maximum absolute atomic E-state index is 13.0. The quantitative estimate of drug-likeness (QED) is 0.674. The average Bonchev–Trinajstić information content (AvgIpc) is 2.83. The lowest BCUT2D eigenvalue weighted by Crippen LogP contribution is -2.40. The number of nitrogens with zero attached hydrogens (tertiary/aromatic N) is 4. The highest BCUT2D eigenvalue weighted by Gasteiger charge is 2.27. The molecule has 0 atom stereocenters. The van der Waals surface area contributed by atoms with E-state index in [-0.39, 0.29) is 6.03 Å². The normalized spacial score (nSPS) is 12.8. The summed E-state index contributed by atoms with van der Waals surface area (Å²) in [6.07, 6.45) is 0.682. The van der Waals surface area contributed by atoms with E-state index < -0.39 is 0 Å². The van der Waals surface area contributed by atoms with Gasteiger partial charge in [0.25, 0.3) is 0 Å². The number of carbonyl (C=O) groups excluding carboxylic acids is 1. The number of carbonyl (C=O) groups is 1. The zero-order valence-corrected chi connectivity index (χ0v) is 18.1. The second-order valence-electron chi connectivity index (χ2n) is 7.48. The number of hydrogen-bond acceptors (Lipinski definition) is 5. The zero-order valence-electron chi connectivity index (χ0n) is 18.1. The Morgan fingerprint density at radius 3 is 2.61 bits per heavy atom. The van der Waals surface area contributed by atoms with Crippen LogP contribution in [0.25, 0.3) is 11.4 Å². The summed E-state index contributed by atoms with van der Waals surface area (Å²) in [5, 5.41) is 2.97. The molecule has 2 aromatic carbocycles. The van der Waals surface area contributed by atoms with Crippen molar-refractivity contribution in [1.82, 2.24) is 14.9 Å². The van der Waals surface area contributed by atoms with Gasteiger partial charge in [-0.2, -0.15) is 0 Å². The Balaban J connectivity index is 1.62. The lowest BCUT2D eigenvalue weighted by Gasteiger charge is -2.31. The van der Waals surface area contributed by atoms with Crippen LogP contribution in [0, 0.1) is 0 Å². The molecule has 2 heterocycles. The lowest BCUT2D eigenvalue weighted by atomic mass is 10.0. The molecule has 0 saturated heterocycles. The number of rotatable bonds is 5. The van der Waals surface area contributed by atoms with E-state index in [1.54, 1.807) is 12.0 Å². The highest BCUT2D eigenvalue weighted by molar-refractivity contribution is 5.91. The van der Waals surface area contributed by atoms with Gasteiger partial charge in [-0.25, -0.2) is 14.8 Å². The number of ether oxygens (including phenoxy) is 1. The number of para-hydroxylation sites is 2. The Kier molecular flexibility index (Phi) is 6.02. The minimum absolute atomic E-state index is 0.160. The fourth-order valence-corrected chi connectivity index (χ4v) is 3.69. The van der Waals surface area contributed by atoms with Crippen molar-refractivity contribution < 1.29 is 9.53 Å². The zero-order chi connectivity index (χ0) is 21.8. The van der Waals surface area contributed by atoms with Gasteiger partial charge in [-0.3, -0.25) is 0 Å². The van der Waals surface area contributed by atoms with Crippen LogP contribution in [0.1, 0.15) is 18.2 Å². The molecule has 2 amide bonds. The smallest absolute Gasteiger partial charge is 0.322 e. The number of fused-ring (bicyclic) bond motifs is 1. The summed E-state index contributed by atoms with van der Waals surface area (Å²) in [4.78, 5) is 26.6. The molecule has 0 unspecified atom stereocenters. The topological polar surface area (TPSA) is 70.6 Å². The third-order valence-corrected chi connectivity index (χ3v) is 5.54. The van der Waals surface area contributed by atoms with Crippen LogP contribution in [0.5, 0.6) is 5.75 Å². The molecule has 7 heteroatoms. The van der Waals surface area contributed by atoms with E-state index in [9.17, 15) is 4.79 Å². The Bertz CT molecular complexity index is 1070. The number of anilines is 2. The molecule has 3 aromatic rings. The van der Waals surface area contributed by atoms with Crippen molar-refractivity contribution in [3.8, 4) is 17.1 Å². The number of urea groups is 1. The largest absolute Gasteiger partial charge is 0.495 e. The number of methoxy groups -OCH3 is 1. The predicted octanol–water partition coefficient (Wildman–Crippen LogP) is 4.20. The van der Waals surface area contributed by atoms with Gasteiger partial charge in [-0.05, 0) is 19.1 Å². The molecule has 7 nitrogen and oxygen atoms in total. The molecule has 31 heavy (non-hydrogen) atoms. The van der Waals surface area contributed by atoms with Crippen LogP contribution in [0.4, 0.5) is 16.3 Å². The molecule has 0 fully saturated rings.